The van der Waals surface area contributed by atoms with E-state index in [9.17, 15) is 4.79 Å². The Bertz CT molecular complexity index is 979. The number of nitrogens with one attached hydrogen (secondary N) is 1. The molecule has 2 aliphatic rings. The maximum atomic E-state index is 11.8. The Morgan fingerprint density at radius 1 is 1.06 bits per heavy atom. The number of carbonyl (C=O) groups excluding carboxylic acids is 1. The van der Waals surface area contributed by atoms with Gasteiger partial charge in [-0.2, -0.15) is 0 Å². The molecule has 0 bridgehead atoms. The van der Waals surface area contributed by atoms with Crippen LogP contribution < -0.4 is 11.1 Å². The highest BCUT2D eigenvalue weighted by atomic mass is 16.2. The van der Waals surface area contributed by atoms with Crippen molar-refractivity contribution < 1.29 is 4.79 Å². The molecular formula is C29H36N2O. The van der Waals surface area contributed by atoms with Crippen molar-refractivity contribution in [1.29, 1.82) is 0 Å². The lowest BCUT2D eigenvalue weighted by Gasteiger charge is -2.37. The van der Waals surface area contributed by atoms with Crippen LogP contribution in [0.15, 0.2) is 72.8 Å². The summed E-state index contributed by atoms with van der Waals surface area (Å²) in [7, 11) is 0. The minimum atomic E-state index is -0.422. The fourth-order valence-corrected chi connectivity index (χ4v) is 6.26. The number of amides is 2. The number of urea groups is 1. The highest BCUT2D eigenvalue weighted by Gasteiger charge is 2.57. The Balaban J connectivity index is 1.81. The zero-order valence-corrected chi connectivity index (χ0v) is 19.3. The standard InChI is InChI=1S/C29H36N2O/c1-3-4-5-8-17-24-20-25-26(31-28(30)32)18-19-29(25,21(2)22-13-9-6-10-14-22)27(24)23-15-11-7-12-16-23/h6-7,9-16,25-26H,2-5,8,17-20H2,1H3,(H3,30,31,32)/t25?,26-,29-/m0/s1. The predicted molar refractivity (Wildman–Crippen MR) is 134 cm³/mol. The molecule has 0 aromatic heterocycles. The fourth-order valence-electron chi connectivity index (χ4n) is 6.26. The van der Waals surface area contributed by atoms with Gasteiger partial charge in [0.05, 0.1) is 0 Å². The van der Waals surface area contributed by atoms with Crippen LogP contribution in [0.2, 0.25) is 0 Å². The van der Waals surface area contributed by atoms with E-state index in [1.807, 2.05) is 0 Å². The van der Waals surface area contributed by atoms with Crippen molar-refractivity contribution in [2.75, 3.05) is 0 Å². The van der Waals surface area contributed by atoms with Crippen LogP contribution in [0.5, 0.6) is 0 Å². The minimum absolute atomic E-state index is 0.0832. The Kier molecular flexibility index (Phi) is 6.83. The molecule has 3 nitrogen and oxygen atoms in total. The van der Waals surface area contributed by atoms with Gasteiger partial charge in [0, 0.05) is 11.5 Å². The number of rotatable bonds is 9. The van der Waals surface area contributed by atoms with Crippen LogP contribution in [-0.4, -0.2) is 12.1 Å². The first kappa shape index (κ1) is 22.4. The molecule has 3 atom stereocenters. The van der Waals surface area contributed by atoms with E-state index in [1.165, 1.54) is 48.0 Å². The van der Waals surface area contributed by atoms with Crippen LogP contribution in [0, 0.1) is 11.3 Å². The lowest BCUT2D eigenvalue weighted by Crippen LogP contribution is -2.43. The number of unbranched alkanes of at least 4 members (excludes halogenated alkanes) is 3. The maximum Gasteiger partial charge on any atom is 0.312 e. The number of hydrogen-bond donors (Lipinski definition) is 2. The molecule has 0 saturated heterocycles. The summed E-state index contributed by atoms with van der Waals surface area (Å²) in [6.45, 7) is 6.95. The first-order valence-corrected chi connectivity index (χ1v) is 12.2. The second-order valence-corrected chi connectivity index (χ2v) is 9.44. The summed E-state index contributed by atoms with van der Waals surface area (Å²) in [5.41, 5.74) is 12.1. The first-order valence-electron chi connectivity index (χ1n) is 12.2. The highest BCUT2D eigenvalue weighted by molar-refractivity contribution is 5.90. The summed E-state index contributed by atoms with van der Waals surface area (Å²) in [6.07, 6.45) is 9.05. The Morgan fingerprint density at radius 3 is 2.41 bits per heavy atom. The topological polar surface area (TPSA) is 55.1 Å². The van der Waals surface area contributed by atoms with Crippen molar-refractivity contribution in [2.45, 2.75) is 64.3 Å². The molecular weight excluding hydrogens is 392 g/mol. The molecule has 1 fully saturated rings. The number of carbonyl (C=O) groups is 1. The van der Waals surface area contributed by atoms with Crippen molar-refractivity contribution in [3.63, 3.8) is 0 Å². The number of fused-ring (bicyclic) bond motifs is 1. The normalized spacial score (nSPS) is 24.4. The van der Waals surface area contributed by atoms with E-state index in [4.69, 9.17) is 12.3 Å². The molecule has 1 saturated carbocycles. The lowest BCUT2D eigenvalue weighted by molar-refractivity contribution is 0.239. The van der Waals surface area contributed by atoms with Crippen molar-refractivity contribution >= 4 is 17.2 Å². The van der Waals surface area contributed by atoms with E-state index in [0.29, 0.717) is 5.92 Å². The third-order valence-corrected chi connectivity index (χ3v) is 7.62. The Labute approximate surface area is 192 Å². The predicted octanol–water partition coefficient (Wildman–Crippen LogP) is 6.96. The van der Waals surface area contributed by atoms with Gasteiger partial charge in [0.15, 0.2) is 0 Å². The minimum Gasteiger partial charge on any atom is -0.352 e. The van der Waals surface area contributed by atoms with Crippen molar-refractivity contribution in [3.05, 3.63) is 83.9 Å². The van der Waals surface area contributed by atoms with Crippen LogP contribution >= 0.6 is 0 Å². The second-order valence-electron chi connectivity index (χ2n) is 9.44. The van der Waals surface area contributed by atoms with Crippen LogP contribution in [0.25, 0.3) is 11.1 Å². The van der Waals surface area contributed by atoms with Gasteiger partial charge >= 0.3 is 6.03 Å². The zero-order valence-electron chi connectivity index (χ0n) is 19.3. The summed E-state index contributed by atoms with van der Waals surface area (Å²) in [5.74, 6) is 0.291. The fraction of sp³-hybridized carbons (Fsp3) is 0.414. The Morgan fingerprint density at radius 2 is 1.75 bits per heavy atom. The number of allylic oxidation sites excluding steroid dienone is 3. The first-order chi connectivity index (χ1) is 15.6. The third kappa shape index (κ3) is 4.13. The maximum absolute atomic E-state index is 11.8. The molecule has 1 unspecified atom stereocenters. The van der Waals surface area contributed by atoms with Crippen LogP contribution in [0.4, 0.5) is 4.79 Å². The zero-order chi connectivity index (χ0) is 22.6. The molecule has 2 aromatic rings. The van der Waals surface area contributed by atoms with E-state index < -0.39 is 6.03 Å². The average Bonchev–Trinajstić information content (AvgIpc) is 3.32. The summed E-state index contributed by atoms with van der Waals surface area (Å²) in [6, 6.07) is 21.1. The third-order valence-electron chi connectivity index (χ3n) is 7.62. The molecule has 3 heteroatoms. The van der Waals surface area contributed by atoms with Crippen molar-refractivity contribution in [3.8, 4) is 0 Å². The lowest BCUT2D eigenvalue weighted by atomic mass is 9.66. The van der Waals surface area contributed by atoms with Crippen LogP contribution in [-0.2, 0) is 0 Å². The SMILES string of the molecule is C=C(c1ccccc1)[C@@]12CC[C@H](NC(N)=O)C1CC(CCCCCC)=C2c1ccccc1. The van der Waals surface area contributed by atoms with E-state index >= 15 is 0 Å². The number of primary amides is 1. The summed E-state index contributed by atoms with van der Waals surface area (Å²) >= 11 is 0. The monoisotopic (exact) mass is 428 g/mol. The molecule has 0 heterocycles. The van der Waals surface area contributed by atoms with Gasteiger partial charge in [0.25, 0.3) is 0 Å². The summed E-state index contributed by atoms with van der Waals surface area (Å²) in [5, 5.41) is 3.08. The van der Waals surface area contributed by atoms with E-state index in [1.54, 1.807) is 5.57 Å². The van der Waals surface area contributed by atoms with Gasteiger partial charge in [-0.05, 0) is 60.3 Å². The van der Waals surface area contributed by atoms with E-state index in [2.05, 4.69) is 72.9 Å². The van der Waals surface area contributed by atoms with Gasteiger partial charge in [0.1, 0.15) is 0 Å². The molecule has 2 aromatic carbocycles. The average molecular weight is 429 g/mol. The van der Waals surface area contributed by atoms with Gasteiger partial charge in [-0.3, -0.25) is 0 Å². The molecule has 0 spiro atoms. The van der Waals surface area contributed by atoms with Crippen LogP contribution in [0.3, 0.4) is 0 Å². The number of hydrogen-bond acceptors (Lipinski definition) is 1. The molecule has 32 heavy (non-hydrogen) atoms. The summed E-state index contributed by atoms with van der Waals surface area (Å²) < 4.78 is 0. The second kappa shape index (κ2) is 9.77. The van der Waals surface area contributed by atoms with Crippen molar-refractivity contribution in [1.82, 2.24) is 5.32 Å². The quantitative estimate of drug-likeness (QED) is 0.417. The van der Waals surface area contributed by atoms with Gasteiger partial charge < -0.3 is 11.1 Å². The molecule has 2 aliphatic carbocycles. The van der Waals surface area contributed by atoms with Gasteiger partial charge in [-0.15, -0.1) is 0 Å². The molecule has 0 radical (unpaired) electrons. The summed E-state index contributed by atoms with van der Waals surface area (Å²) in [4.78, 5) is 11.8. The van der Waals surface area contributed by atoms with Crippen LogP contribution in [0.1, 0.15) is 69.4 Å². The van der Waals surface area contributed by atoms with Gasteiger partial charge in [-0.25, -0.2) is 4.79 Å². The molecule has 3 N–H and O–H groups in total. The molecule has 168 valence electrons. The smallest absolute Gasteiger partial charge is 0.312 e. The molecule has 0 aliphatic heterocycles. The molecule has 4 rings (SSSR count). The van der Waals surface area contributed by atoms with E-state index in [0.717, 1.165) is 25.7 Å². The highest BCUT2D eigenvalue weighted by Crippen LogP contribution is 2.66. The number of benzene rings is 2. The number of nitrogens with two attached hydrogens (primary N) is 1. The van der Waals surface area contributed by atoms with E-state index in [-0.39, 0.29) is 11.5 Å². The largest absolute Gasteiger partial charge is 0.352 e. The Hall–Kier alpha value is -2.81. The van der Waals surface area contributed by atoms with Gasteiger partial charge in [-0.1, -0.05) is 99.0 Å². The molecule has 2 amide bonds. The van der Waals surface area contributed by atoms with Gasteiger partial charge in [0.2, 0.25) is 0 Å². The van der Waals surface area contributed by atoms with Crippen molar-refractivity contribution in [2.24, 2.45) is 17.1 Å².